The summed E-state index contributed by atoms with van der Waals surface area (Å²) in [5, 5.41) is 0.913. The summed E-state index contributed by atoms with van der Waals surface area (Å²) < 4.78 is 25.5. The summed E-state index contributed by atoms with van der Waals surface area (Å²) in [6, 6.07) is 10.5. The predicted molar refractivity (Wildman–Crippen MR) is 107 cm³/mol. The average Bonchev–Trinajstić information content (AvgIpc) is 3.30. The summed E-state index contributed by atoms with van der Waals surface area (Å²) >= 11 is 1.50. The lowest BCUT2D eigenvalue weighted by Gasteiger charge is -2.22. The Balaban J connectivity index is 1.59. The maximum atomic E-state index is 13.9. The van der Waals surface area contributed by atoms with Crippen LogP contribution in [0.2, 0.25) is 0 Å². The van der Waals surface area contributed by atoms with Crippen molar-refractivity contribution in [3.05, 3.63) is 58.9 Å². The Morgan fingerprint density at radius 3 is 2.79 bits per heavy atom. The molecule has 0 saturated carbocycles. The van der Waals surface area contributed by atoms with Gasteiger partial charge in [0.05, 0.1) is 28.9 Å². The van der Waals surface area contributed by atoms with E-state index in [-0.39, 0.29) is 24.6 Å². The van der Waals surface area contributed by atoms with Gasteiger partial charge in [-0.25, -0.2) is 14.2 Å². The van der Waals surface area contributed by atoms with Crippen LogP contribution in [-0.2, 0) is 9.53 Å². The first-order chi connectivity index (χ1) is 14.0. The van der Waals surface area contributed by atoms with Crippen molar-refractivity contribution in [1.82, 2.24) is 9.88 Å². The molecule has 1 fully saturated rings. The number of ether oxygens (including phenoxy) is 2. The summed E-state index contributed by atoms with van der Waals surface area (Å²) in [4.78, 5) is 31.3. The van der Waals surface area contributed by atoms with E-state index in [0.29, 0.717) is 5.56 Å². The summed E-state index contributed by atoms with van der Waals surface area (Å²) in [7, 11) is 1.28. The smallest absolute Gasteiger partial charge is 0.328 e. The zero-order chi connectivity index (χ0) is 20.5. The van der Waals surface area contributed by atoms with Crippen molar-refractivity contribution < 1.29 is 23.5 Å². The summed E-state index contributed by atoms with van der Waals surface area (Å²) in [6.45, 7) is 2.07. The number of carbonyl (C=O) groups is 2. The number of aromatic nitrogens is 1. The van der Waals surface area contributed by atoms with Crippen molar-refractivity contribution >= 4 is 33.4 Å². The van der Waals surface area contributed by atoms with Crippen molar-refractivity contribution in [2.45, 2.75) is 25.5 Å². The second-order valence-corrected chi connectivity index (χ2v) is 8.05. The van der Waals surface area contributed by atoms with E-state index >= 15 is 0 Å². The van der Waals surface area contributed by atoms with Crippen LogP contribution in [0.4, 0.5) is 4.39 Å². The molecule has 150 valence electrons. The third-order valence-electron chi connectivity index (χ3n) is 4.87. The number of rotatable bonds is 4. The highest BCUT2D eigenvalue weighted by Gasteiger charge is 2.42. The number of methoxy groups -OCH3 is 1. The highest BCUT2D eigenvalue weighted by molar-refractivity contribution is 7.18. The minimum Gasteiger partial charge on any atom is -0.485 e. The SMILES string of the molecule is COC(=O)[C@@H]1C[C@@H](Oc2ccccc2F)CN1C(=O)c1ccc2nc(C)sc2c1. The third-order valence-corrected chi connectivity index (χ3v) is 5.80. The number of carbonyl (C=O) groups excluding carboxylic acids is 2. The van der Waals surface area contributed by atoms with Crippen LogP contribution in [-0.4, -0.2) is 47.6 Å². The molecule has 0 spiro atoms. The molecule has 0 bridgehead atoms. The van der Waals surface area contributed by atoms with Crippen LogP contribution in [0.1, 0.15) is 21.8 Å². The van der Waals surface area contributed by atoms with E-state index in [4.69, 9.17) is 9.47 Å². The van der Waals surface area contributed by atoms with E-state index in [1.807, 2.05) is 6.92 Å². The number of thiazole rings is 1. The molecule has 1 saturated heterocycles. The van der Waals surface area contributed by atoms with Gasteiger partial charge in [-0.3, -0.25) is 4.79 Å². The summed E-state index contributed by atoms with van der Waals surface area (Å²) in [5.74, 6) is -1.21. The second-order valence-electron chi connectivity index (χ2n) is 6.82. The summed E-state index contributed by atoms with van der Waals surface area (Å²) in [5.41, 5.74) is 1.29. The molecule has 0 N–H and O–H groups in total. The first-order valence-electron chi connectivity index (χ1n) is 9.13. The van der Waals surface area contributed by atoms with Gasteiger partial charge in [0.25, 0.3) is 5.91 Å². The van der Waals surface area contributed by atoms with Crippen LogP contribution in [0.15, 0.2) is 42.5 Å². The van der Waals surface area contributed by atoms with Gasteiger partial charge in [-0.05, 0) is 37.3 Å². The third kappa shape index (κ3) is 3.80. The highest BCUT2D eigenvalue weighted by atomic mass is 32.1. The number of hydrogen-bond donors (Lipinski definition) is 0. The number of nitrogens with zero attached hydrogens (tertiary/aromatic N) is 2. The first kappa shape index (κ1) is 19.3. The number of fused-ring (bicyclic) bond motifs is 1. The minimum absolute atomic E-state index is 0.0944. The highest BCUT2D eigenvalue weighted by Crippen LogP contribution is 2.28. The van der Waals surface area contributed by atoms with Gasteiger partial charge < -0.3 is 14.4 Å². The maximum absolute atomic E-state index is 13.9. The zero-order valence-electron chi connectivity index (χ0n) is 15.9. The first-order valence-corrected chi connectivity index (χ1v) is 9.95. The zero-order valence-corrected chi connectivity index (χ0v) is 16.7. The number of benzene rings is 2. The topological polar surface area (TPSA) is 68.7 Å². The van der Waals surface area contributed by atoms with Gasteiger partial charge in [-0.2, -0.15) is 0 Å². The van der Waals surface area contributed by atoms with Crippen LogP contribution < -0.4 is 4.74 Å². The van der Waals surface area contributed by atoms with Gasteiger partial charge in [0.2, 0.25) is 0 Å². The largest absolute Gasteiger partial charge is 0.485 e. The van der Waals surface area contributed by atoms with Gasteiger partial charge in [0, 0.05) is 12.0 Å². The van der Waals surface area contributed by atoms with Crippen LogP contribution in [0.3, 0.4) is 0 Å². The van der Waals surface area contributed by atoms with Crippen LogP contribution in [0, 0.1) is 12.7 Å². The molecule has 6 nitrogen and oxygen atoms in total. The number of esters is 1. The molecule has 2 atom stereocenters. The van der Waals surface area contributed by atoms with Crippen molar-refractivity contribution in [1.29, 1.82) is 0 Å². The Kier molecular flexibility index (Phi) is 5.19. The van der Waals surface area contributed by atoms with Crippen LogP contribution in [0.5, 0.6) is 5.75 Å². The number of halogens is 1. The van der Waals surface area contributed by atoms with E-state index in [2.05, 4.69) is 4.98 Å². The van der Waals surface area contributed by atoms with E-state index in [1.54, 1.807) is 30.3 Å². The predicted octanol–water partition coefficient (Wildman–Crippen LogP) is 3.58. The van der Waals surface area contributed by atoms with Crippen LogP contribution >= 0.6 is 11.3 Å². The molecule has 2 aromatic carbocycles. The molecule has 1 aromatic heterocycles. The Hall–Kier alpha value is -3.00. The lowest BCUT2D eigenvalue weighted by atomic mass is 10.1. The van der Waals surface area contributed by atoms with Crippen molar-refractivity contribution in [2.75, 3.05) is 13.7 Å². The molecule has 8 heteroatoms. The number of para-hydroxylation sites is 1. The van der Waals surface area contributed by atoms with E-state index in [1.165, 1.54) is 35.5 Å². The van der Waals surface area contributed by atoms with Gasteiger partial charge in [0.15, 0.2) is 11.6 Å². The molecule has 29 heavy (non-hydrogen) atoms. The van der Waals surface area contributed by atoms with Gasteiger partial charge in [-0.15, -0.1) is 11.3 Å². The Bertz CT molecular complexity index is 1080. The quantitative estimate of drug-likeness (QED) is 0.611. The molecule has 2 heterocycles. The fourth-order valence-corrected chi connectivity index (χ4v) is 4.39. The Labute approximate surface area is 170 Å². The van der Waals surface area contributed by atoms with Gasteiger partial charge >= 0.3 is 5.97 Å². The number of likely N-dealkylation sites (tertiary alicyclic amines) is 1. The van der Waals surface area contributed by atoms with E-state index in [9.17, 15) is 14.0 Å². The van der Waals surface area contributed by atoms with Gasteiger partial charge in [-0.1, -0.05) is 12.1 Å². The monoisotopic (exact) mass is 414 g/mol. The molecule has 1 aliphatic heterocycles. The number of amides is 1. The molecule has 0 aliphatic carbocycles. The minimum atomic E-state index is -0.789. The Morgan fingerprint density at radius 2 is 2.03 bits per heavy atom. The van der Waals surface area contributed by atoms with Crippen molar-refractivity contribution in [3.8, 4) is 5.75 Å². The molecule has 1 aliphatic rings. The molecule has 0 radical (unpaired) electrons. The standard InChI is InChI=1S/C21H19FN2O4S/c1-12-23-16-8-7-13(9-19(16)29-12)20(25)24-11-14(10-17(24)21(26)27-2)28-18-6-4-3-5-15(18)22/h3-9,14,17H,10-11H2,1-2H3/t14-,17+/m1/s1. The average molecular weight is 414 g/mol. The van der Waals surface area contributed by atoms with E-state index in [0.717, 1.165) is 15.2 Å². The van der Waals surface area contributed by atoms with Crippen molar-refractivity contribution in [2.24, 2.45) is 0 Å². The molecule has 4 rings (SSSR count). The lowest BCUT2D eigenvalue weighted by molar-refractivity contribution is -0.145. The number of hydrogen-bond acceptors (Lipinski definition) is 6. The fourth-order valence-electron chi connectivity index (χ4n) is 3.53. The number of aryl methyl sites for hydroxylation is 1. The molecule has 0 unspecified atom stereocenters. The molecule has 1 amide bonds. The molecular formula is C21H19FN2O4S. The Morgan fingerprint density at radius 1 is 1.24 bits per heavy atom. The van der Waals surface area contributed by atoms with E-state index < -0.39 is 23.9 Å². The fraction of sp³-hybridized carbons (Fsp3) is 0.286. The molecular weight excluding hydrogens is 395 g/mol. The second kappa shape index (κ2) is 7.79. The molecule has 3 aromatic rings. The van der Waals surface area contributed by atoms with Crippen LogP contribution in [0.25, 0.3) is 10.2 Å². The normalized spacial score (nSPS) is 18.8. The van der Waals surface area contributed by atoms with Crippen molar-refractivity contribution in [3.63, 3.8) is 0 Å². The summed E-state index contributed by atoms with van der Waals surface area (Å²) in [6.07, 6.45) is -0.288. The maximum Gasteiger partial charge on any atom is 0.328 e. The van der Waals surface area contributed by atoms with Gasteiger partial charge in [0.1, 0.15) is 12.1 Å². The lowest BCUT2D eigenvalue weighted by Crippen LogP contribution is -2.41.